The number of pyridine rings is 1. The van der Waals surface area contributed by atoms with Crippen molar-refractivity contribution in [2.24, 2.45) is 0 Å². The standard InChI is InChI=1S/C21H19N5OS/c1-3-4-16-22-9-10-26(16)17-8-5-13-14(25-17)6-7-15-18(13)19-20(28-15)21(27)24-12(2)11-23-19/h3-10,12,23H,11H2,1-2H3,(H,24,27)/b4-3+/t12-/m1/s1. The van der Waals surface area contributed by atoms with Crippen LogP contribution in [0.1, 0.15) is 29.3 Å². The third-order valence-corrected chi connectivity index (χ3v) is 6.06. The number of benzene rings is 1. The molecule has 0 fully saturated rings. The highest BCUT2D eigenvalue weighted by molar-refractivity contribution is 7.21. The molecule has 6 nitrogen and oxygen atoms in total. The van der Waals surface area contributed by atoms with Crippen LogP contribution in [0.2, 0.25) is 0 Å². The fourth-order valence-electron chi connectivity index (χ4n) is 3.63. The van der Waals surface area contributed by atoms with Gasteiger partial charge in [-0.25, -0.2) is 9.97 Å². The van der Waals surface area contributed by atoms with Gasteiger partial charge in [-0.3, -0.25) is 9.36 Å². The van der Waals surface area contributed by atoms with Crippen molar-refractivity contribution in [3.63, 3.8) is 0 Å². The molecule has 1 amide bonds. The molecule has 0 unspecified atom stereocenters. The van der Waals surface area contributed by atoms with Gasteiger partial charge in [0.05, 0.1) is 11.2 Å². The second-order valence-electron chi connectivity index (χ2n) is 6.89. The van der Waals surface area contributed by atoms with Gasteiger partial charge in [0, 0.05) is 40.5 Å². The molecule has 7 heteroatoms. The molecule has 0 saturated carbocycles. The minimum Gasteiger partial charge on any atom is -0.381 e. The van der Waals surface area contributed by atoms with Crippen molar-refractivity contribution < 1.29 is 4.79 Å². The number of nitrogens with zero attached hydrogens (tertiary/aromatic N) is 3. The second-order valence-corrected chi connectivity index (χ2v) is 7.94. The van der Waals surface area contributed by atoms with Crippen LogP contribution in [0.5, 0.6) is 0 Å². The zero-order valence-corrected chi connectivity index (χ0v) is 16.4. The van der Waals surface area contributed by atoms with Crippen LogP contribution < -0.4 is 10.6 Å². The van der Waals surface area contributed by atoms with E-state index in [0.29, 0.717) is 6.54 Å². The largest absolute Gasteiger partial charge is 0.381 e. The SMILES string of the molecule is C/C=C/c1nccn1-c1ccc2c(ccc3sc4c(c32)NC[C@@H](C)NC4=O)n1. The van der Waals surface area contributed by atoms with Crippen LogP contribution in [0.15, 0.2) is 42.7 Å². The van der Waals surface area contributed by atoms with E-state index in [1.165, 1.54) is 11.3 Å². The molecule has 140 valence electrons. The number of hydrogen-bond acceptors (Lipinski definition) is 5. The molecule has 3 aromatic heterocycles. The first-order valence-electron chi connectivity index (χ1n) is 9.23. The summed E-state index contributed by atoms with van der Waals surface area (Å²) in [5.74, 6) is 1.64. The summed E-state index contributed by atoms with van der Waals surface area (Å²) in [5.41, 5.74) is 1.81. The number of thiophene rings is 1. The van der Waals surface area contributed by atoms with Crippen LogP contribution >= 0.6 is 11.3 Å². The number of rotatable bonds is 2. The number of fused-ring (bicyclic) bond motifs is 5. The van der Waals surface area contributed by atoms with Gasteiger partial charge in [0.15, 0.2) is 0 Å². The number of carbonyl (C=O) groups is 1. The highest BCUT2D eigenvalue weighted by Gasteiger charge is 2.24. The number of hydrogen-bond donors (Lipinski definition) is 2. The third kappa shape index (κ3) is 2.58. The summed E-state index contributed by atoms with van der Waals surface area (Å²) in [7, 11) is 0. The normalized spacial score (nSPS) is 16.9. The highest BCUT2D eigenvalue weighted by atomic mass is 32.1. The van der Waals surface area contributed by atoms with Gasteiger partial charge in [-0.05, 0) is 44.2 Å². The van der Waals surface area contributed by atoms with Crippen molar-refractivity contribution >= 4 is 50.0 Å². The monoisotopic (exact) mass is 389 g/mol. The lowest BCUT2D eigenvalue weighted by Gasteiger charge is -2.10. The molecule has 1 aliphatic heterocycles. The fraction of sp³-hybridized carbons (Fsp3) is 0.190. The van der Waals surface area contributed by atoms with Crippen LogP contribution in [0, 0.1) is 0 Å². The van der Waals surface area contributed by atoms with Gasteiger partial charge < -0.3 is 10.6 Å². The van der Waals surface area contributed by atoms with Gasteiger partial charge in [-0.1, -0.05) is 6.08 Å². The Morgan fingerprint density at radius 2 is 2.18 bits per heavy atom. The Morgan fingerprint density at radius 3 is 3.04 bits per heavy atom. The van der Waals surface area contributed by atoms with Crippen molar-refractivity contribution in [1.82, 2.24) is 19.9 Å². The molecule has 0 radical (unpaired) electrons. The van der Waals surface area contributed by atoms with Crippen molar-refractivity contribution in [2.45, 2.75) is 19.9 Å². The first-order chi connectivity index (χ1) is 13.7. The van der Waals surface area contributed by atoms with Crippen molar-refractivity contribution in [1.29, 1.82) is 0 Å². The summed E-state index contributed by atoms with van der Waals surface area (Å²) in [6.45, 7) is 4.67. The van der Waals surface area contributed by atoms with Gasteiger partial charge in [-0.2, -0.15) is 0 Å². The maximum atomic E-state index is 12.6. The van der Waals surface area contributed by atoms with Crippen molar-refractivity contribution in [2.75, 3.05) is 11.9 Å². The lowest BCUT2D eigenvalue weighted by Crippen LogP contribution is -2.34. The van der Waals surface area contributed by atoms with Gasteiger partial charge in [0.25, 0.3) is 5.91 Å². The molecule has 4 aromatic rings. The van der Waals surface area contributed by atoms with E-state index >= 15 is 0 Å². The van der Waals surface area contributed by atoms with Gasteiger partial charge in [0.1, 0.15) is 16.5 Å². The molecule has 1 atom stereocenters. The minimum absolute atomic E-state index is 0.0131. The molecular formula is C21H19N5OS. The number of amides is 1. The highest BCUT2D eigenvalue weighted by Crippen LogP contribution is 2.40. The molecule has 0 aliphatic carbocycles. The van der Waals surface area contributed by atoms with E-state index in [1.807, 2.05) is 55.0 Å². The maximum absolute atomic E-state index is 12.6. The molecule has 1 aromatic carbocycles. The van der Waals surface area contributed by atoms with Gasteiger partial charge in [-0.15, -0.1) is 11.3 Å². The molecule has 28 heavy (non-hydrogen) atoms. The molecule has 0 spiro atoms. The van der Waals surface area contributed by atoms with Crippen LogP contribution in [0.25, 0.3) is 32.9 Å². The molecular weight excluding hydrogens is 370 g/mol. The van der Waals surface area contributed by atoms with Crippen molar-refractivity contribution in [3.8, 4) is 5.82 Å². The summed E-state index contributed by atoms with van der Waals surface area (Å²) < 4.78 is 3.05. The van der Waals surface area contributed by atoms with Crippen molar-refractivity contribution in [3.05, 3.63) is 53.4 Å². The Bertz CT molecular complexity index is 1250. The molecule has 1 aliphatic rings. The molecule has 5 rings (SSSR count). The van der Waals surface area contributed by atoms with Crippen LogP contribution in [-0.2, 0) is 0 Å². The quantitative estimate of drug-likeness (QED) is 0.539. The fourth-order valence-corrected chi connectivity index (χ4v) is 4.73. The third-order valence-electron chi connectivity index (χ3n) is 4.91. The van der Waals surface area contributed by atoms with E-state index in [0.717, 1.165) is 43.2 Å². The summed E-state index contributed by atoms with van der Waals surface area (Å²) >= 11 is 1.52. The van der Waals surface area contributed by atoms with E-state index in [-0.39, 0.29) is 11.9 Å². The summed E-state index contributed by atoms with van der Waals surface area (Å²) in [6.07, 6.45) is 7.60. The lowest BCUT2D eigenvalue weighted by molar-refractivity contribution is 0.0949. The molecule has 4 heterocycles. The molecule has 2 N–H and O–H groups in total. The Hall–Kier alpha value is -3.19. The van der Waals surface area contributed by atoms with Gasteiger partial charge >= 0.3 is 0 Å². The van der Waals surface area contributed by atoms with Crippen LogP contribution in [0.4, 0.5) is 5.69 Å². The Kier molecular flexibility index (Phi) is 3.91. The zero-order chi connectivity index (χ0) is 19.3. The Balaban J connectivity index is 1.71. The van der Waals surface area contributed by atoms with E-state index in [2.05, 4.69) is 21.7 Å². The predicted octanol–water partition coefficient (Wildman–Crippen LogP) is 4.21. The van der Waals surface area contributed by atoms with Gasteiger partial charge in [0.2, 0.25) is 0 Å². The Labute approximate surface area is 165 Å². The molecule has 0 bridgehead atoms. The number of imidazole rings is 1. The van der Waals surface area contributed by atoms with E-state index in [1.54, 1.807) is 6.20 Å². The maximum Gasteiger partial charge on any atom is 0.263 e. The smallest absolute Gasteiger partial charge is 0.263 e. The average molecular weight is 389 g/mol. The first-order valence-corrected chi connectivity index (χ1v) is 10.0. The minimum atomic E-state index is -0.0131. The first kappa shape index (κ1) is 16.9. The van der Waals surface area contributed by atoms with Crippen LogP contribution in [0.3, 0.4) is 0 Å². The Morgan fingerprint density at radius 1 is 1.29 bits per heavy atom. The summed E-state index contributed by atoms with van der Waals surface area (Å²) in [4.78, 5) is 22.5. The second kappa shape index (κ2) is 6.45. The zero-order valence-electron chi connectivity index (χ0n) is 15.6. The summed E-state index contributed by atoms with van der Waals surface area (Å²) in [5, 5.41) is 8.61. The number of aromatic nitrogens is 3. The molecule has 0 saturated heterocycles. The predicted molar refractivity (Wildman–Crippen MR) is 114 cm³/mol. The van der Waals surface area contributed by atoms with E-state index in [4.69, 9.17) is 4.98 Å². The number of carbonyl (C=O) groups excluding carboxylic acids is 1. The number of anilines is 1. The number of allylic oxidation sites excluding steroid dienone is 1. The average Bonchev–Trinajstić information content (AvgIpc) is 3.27. The topological polar surface area (TPSA) is 71.8 Å². The summed E-state index contributed by atoms with van der Waals surface area (Å²) in [6, 6.07) is 8.24. The lowest BCUT2D eigenvalue weighted by atomic mass is 10.1. The number of nitrogens with one attached hydrogen (secondary N) is 2. The van der Waals surface area contributed by atoms with E-state index < -0.39 is 0 Å². The van der Waals surface area contributed by atoms with Crippen LogP contribution in [-0.4, -0.2) is 33.0 Å². The van der Waals surface area contributed by atoms with E-state index in [9.17, 15) is 4.79 Å².